The molecule has 1 N–H and O–H groups in total. The molecule has 0 spiro atoms. The summed E-state index contributed by atoms with van der Waals surface area (Å²) in [5.41, 5.74) is 7.19. The van der Waals surface area contributed by atoms with Gasteiger partial charge in [0.15, 0.2) is 0 Å². The summed E-state index contributed by atoms with van der Waals surface area (Å²) in [5, 5.41) is 11.9. The molecule has 0 amide bonds. The van der Waals surface area contributed by atoms with Crippen LogP contribution in [0, 0.1) is 11.3 Å². The van der Waals surface area contributed by atoms with Crippen molar-refractivity contribution in [3.05, 3.63) is 108 Å². The summed E-state index contributed by atoms with van der Waals surface area (Å²) < 4.78 is 37.7. The molecule has 4 aromatic carbocycles. The van der Waals surface area contributed by atoms with Gasteiger partial charge in [0.2, 0.25) is 0 Å². The van der Waals surface area contributed by atoms with E-state index in [-0.39, 0.29) is 18.6 Å². The molecular weight excluding hydrogens is 550 g/mol. The summed E-state index contributed by atoms with van der Waals surface area (Å²) in [6, 6.07) is 33.0. The van der Waals surface area contributed by atoms with Gasteiger partial charge in [-0.2, -0.15) is 13.7 Å². The van der Waals surface area contributed by atoms with E-state index in [4.69, 9.17) is 9.29 Å². The van der Waals surface area contributed by atoms with E-state index in [9.17, 15) is 18.5 Å². The van der Waals surface area contributed by atoms with Crippen LogP contribution >= 0.6 is 0 Å². The lowest BCUT2D eigenvalue weighted by Crippen LogP contribution is -2.13. The molecule has 2 heterocycles. The number of rotatable bonds is 8. The second kappa shape index (κ2) is 11.2. The monoisotopic (exact) mass is 577 g/mol. The number of aromatic nitrogens is 1. The fourth-order valence-electron chi connectivity index (χ4n) is 5.55. The van der Waals surface area contributed by atoms with Gasteiger partial charge in [-0.1, -0.05) is 42.5 Å². The molecule has 210 valence electrons. The van der Waals surface area contributed by atoms with Crippen LogP contribution in [0.15, 0.2) is 96.6 Å². The Morgan fingerprint density at radius 3 is 2.48 bits per heavy atom. The van der Waals surface area contributed by atoms with Crippen LogP contribution in [0.1, 0.15) is 17.5 Å². The van der Waals surface area contributed by atoms with Gasteiger partial charge in [-0.3, -0.25) is 4.55 Å². The fourth-order valence-corrected chi connectivity index (χ4v) is 6.03. The average Bonchev–Trinajstić information content (AvgIpc) is 3.56. The minimum Gasteiger partial charge on any atom is -0.462 e. The van der Waals surface area contributed by atoms with E-state index in [0.717, 1.165) is 46.6 Å². The lowest BCUT2D eigenvalue weighted by atomic mass is 10.1. The molecule has 0 unspecified atom stereocenters. The van der Waals surface area contributed by atoms with Crippen molar-refractivity contribution in [2.45, 2.75) is 12.8 Å². The second-order valence-electron chi connectivity index (χ2n) is 10.1. The van der Waals surface area contributed by atoms with E-state index in [1.807, 2.05) is 42.5 Å². The van der Waals surface area contributed by atoms with Crippen LogP contribution in [0.25, 0.3) is 33.6 Å². The molecule has 9 heteroatoms. The van der Waals surface area contributed by atoms with Crippen LogP contribution in [0.5, 0.6) is 0 Å². The van der Waals surface area contributed by atoms with Gasteiger partial charge in [0, 0.05) is 34.4 Å². The number of para-hydroxylation sites is 2. The first-order valence-corrected chi connectivity index (χ1v) is 15.2. The zero-order chi connectivity index (χ0) is 29.3. The SMILES string of the molecule is N#C/C(=C\c1ccc2c(c1)CCN2c1ccc2c(c1)c1ccccc1n2-c1ccccc1)C(=O)OCCCS(=O)(=O)O. The zero-order valence-electron chi connectivity index (χ0n) is 22.6. The Balaban J connectivity index is 1.27. The number of anilines is 2. The van der Waals surface area contributed by atoms with E-state index in [1.165, 1.54) is 16.8 Å². The first-order chi connectivity index (χ1) is 20.3. The molecule has 0 atom stereocenters. The molecule has 1 aliphatic heterocycles. The number of carbonyl (C=O) groups excluding carboxylic acids is 1. The topological polar surface area (TPSA) is 113 Å². The number of carbonyl (C=O) groups is 1. The molecule has 1 aromatic heterocycles. The van der Waals surface area contributed by atoms with Crippen molar-refractivity contribution in [1.29, 1.82) is 5.26 Å². The van der Waals surface area contributed by atoms with Crippen LogP contribution < -0.4 is 4.90 Å². The van der Waals surface area contributed by atoms with Crippen molar-refractivity contribution in [2.24, 2.45) is 0 Å². The summed E-state index contributed by atoms with van der Waals surface area (Å²) in [6.45, 7) is 0.581. The number of ether oxygens (including phenoxy) is 1. The highest BCUT2D eigenvalue weighted by Crippen LogP contribution is 2.39. The highest BCUT2D eigenvalue weighted by atomic mass is 32.2. The van der Waals surface area contributed by atoms with Crippen molar-refractivity contribution in [3.63, 3.8) is 0 Å². The van der Waals surface area contributed by atoms with Crippen molar-refractivity contribution in [3.8, 4) is 11.8 Å². The van der Waals surface area contributed by atoms with Crippen LogP contribution in [0.3, 0.4) is 0 Å². The quantitative estimate of drug-likeness (QED) is 0.0767. The van der Waals surface area contributed by atoms with Crippen molar-refractivity contribution >= 4 is 55.3 Å². The highest BCUT2D eigenvalue weighted by Gasteiger charge is 2.22. The van der Waals surface area contributed by atoms with Gasteiger partial charge < -0.3 is 14.2 Å². The number of nitriles is 1. The maximum Gasteiger partial charge on any atom is 0.348 e. The van der Waals surface area contributed by atoms with Gasteiger partial charge >= 0.3 is 5.97 Å². The third-order valence-electron chi connectivity index (χ3n) is 7.41. The molecular formula is C33H27N3O5S. The Labute approximate surface area is 243 Å². The maximum absolute atomic E-state index is 12.3. The predicted molar refractivity (Wildman–Crippen MR) is 164 cm³/mol. The maximum atomic E-state index is 12.3. The Hall–Kier alpha value is -4.91. The third-order valence-corrected chi connectivity index (χ3v) is 8.22. The van der Waals surface area contributed by atoms with Gasteiger partial charge in [-0.25, -0.2) is 4.79 Å². The predicted octanol–water partition coefficient (Wildman–Crippen LogP) is 6.21. The Morgan fingerprint density at radius 1 is 0.929 bits per heavy atom. The summed E-state index contributed by atoms with van der Waals surface area (Å²) >= 11 is 0. The summed E-state index contributed by atoms with van der Waals surface area (Å²) in [7, 11) is -4.13. The van der Waals surface area contributed by atoms with E-state index in [2.05, 4.69) is 64.1 Å². The van der Waals surface area contributed by atoms with Crippen LogP contribution in [-0.2, 0) is 26.1 Å². The number of benzene rings is 4. The summed E-state index contributed by atoms with van der Waals surface area (Å²) in [4.78, 5) is 14.6. The van der Waals surface area contributed by atoms with Crippen LogP contribution in [-0.4, -0.2) is 42.4 Å². The van der Waals surface area contributed by atoms with Crippen LogP contribution in [0.4, 0.5) is 11.4 Å². The summed E-state index contributed by atoms with van der Waals surface area (Å²) in [5.74, 6) is -1.35. The second-order valence-corrected chi connectivity index (χ2v) is 11.7. The number of esters is 1. The highest BCUT2D eigenvalue weighted by molar-refractivity contribution is 7.85. The average molecular weight is 578 g/mol. The number of hydrogen-bond donors (Lipinski definition) is 1. The molecule has 0 saturated heterocycles. The molecule has 0 saturated carbocycles. The van der Waals surface area contributed by atoms with Gasteiger partial charge in [-0.05, 0) is 78.6 Å². The normalized spacial score (nSPS) is 13.3. The molecule has 1 aliphatic rings. The van der Waals surface area contributed by atoms with Crippen molar-refractivity contribution < 1.29 is 22.5 Å². The van der Waals surface area contributed by atoms with E-state index in [0.29, 0.717) is 5.56 Å². The molecule has 0 radical (unpaired) electrons. The Morgan fingerprint density at radius 2 is 1.69 bits per heavy atom. The third kappa shape index (κ3) is 5.38. The minimum absolute atomic E-state index is 0.0590. The summed E-state index contributed by atoms with van der Waals surface area (Å²) in [6.07, 6.45) is 2.22. The van der Waals surface area contributed by atoms with Crippen molar-refractivity contribution in [1.82, 2.24) is 4.57 Å². The molecule has 5 aromatic rings. The first kappa shape index (κ1) is 27.3. The van der Waals surface area contributed by atoms with Gasteiger partial charge in [0.05, 0.1) is 23.4 Å². The molecule has 0 aliphatic carbocycles. The number of fused-ring (bicyclic) bond motifs is 4. The molecule has 0 bridgehead atoms. The molecule has 0 fully saturated rings. The van der Waals surface area contributed by atoms with Gasteiger partial charge in [0.1, 0.15) is 11.6 Å². The zero-order valence-corrected chi connectivity index (χ0v) is 23.4. The van der Waals surface area contributed by atoms with E-state index in [1.54, 1.807) is 0 Å². The lowest BCUT2D eigenvalue weighted by molar-refractivity contribution is -0.138. The van der Waals surface area contributed by atoms with Crippen LogP contribution in [0.2, 0.25) is 0 Å². The van der Waals surface area contributed by atoms with E-state index < -0.39 is 21.8 Å². The molecule has 6 rings (SSSR count). The standard InChI is InChI=1S/C33H27N3O5S/c34-22-25(33(37)41-17-6-18-42(38,39)40)20-23-11-13-30-24(19-23)15-16-35(30)27-12-14-32-29(21-27)28-9-4-5-10-31(28)36(32)26-7-2-1-3-8-26/h1-5,7-14,19-21H,6,15-18H2,(H,38,39,40)/b25-20+. The number of hydrogen-bond acceptors (Lipinski definition) is 6. The molecule has 42 heavy (non-hydrogen) atoms. The minimum atomic E-state index is -4.13. The van der Waals surface area contributed by atoms with Gasteiger partial charge in [-0.15, -0.1) is 0 Å². The fraction of sp³-hybridized carbons (Fsp3) is 0.152. The Kier molecular flexibility index (Phi) is 7.25. The first-order valence-electron chi connectivity index (χ1n) is 13.6. The van der Waals surface area contributed by atoms with Crippen molar-refractivity contribution in [2.75, 3.05) is 23.8 Å². The largest absolute Gasteiger partial charge is 0.462 e. The Bertz CT molecular complexity index is 2010. The van der Waals surface area contributed by atoms with E-state index >= 15 is 0 Å². The molecule has 8 nitrogen and oxygen atoms in total. The lowest BCUT2D eigenvalue weighted by Gasteiger charge is -2.20. The smallest absolute Gasteiger partial charge is 0.348 e. The van der Waals surface area contributed by atoms with Gasteiger partial charge in [0.25, 0.3) is 10.1 Å². The number of nitrogens with zero attached hydrogens (tertiary/aromatic N) is 3.